The van der Waals surface area contributed by atoms with Crippen LogP contribution < -0.4 is 10.9 Å². The van der Waals surface area contributed by atoms with Gasteiger partial charge >= 0.3 is 0 Å². The summed E-state index contributed by atoms with van der Waals surface area (Å²) in [6.45, 7) is 1.57. The molecule has 0 saturated carbocycles. The van der Waals surface area contributed by atoms with Gasteiger partial charge in [-0.15, -0.1) is 0 Å². The van der Waals surface area contributed by atoms with E-state index in [-0.39, 0.29) is 17.6 Å². The molecule has 126 valence electrons. The summed E-state index contributed by atoms with van der Waals surface area (Å²) in [5.74, 6) is -0.210. The number of carbonyl (C=O) groups excluding carboxylic acids is 1. The van der Waals surface area contributed by atoms with E-state index < -0.39 is 0 Å². The first-order valence-electron chi connectivity index (χ1n) is 7.97. The van der Waals surface area contributed by atoms with Crippen LogP contribution in [-0.2, 0) is 11.3 Å². The molecule has 2 aromatic rings. The highest BCUT2D eigenvalue weighted by Gasteiger charge is 2.17. The predicted octanol–water partition coefficient (Wildman–Crippen LogP) is 2.46. The van der Waals surface area contributed by atoms with E-state index in [4.69, 9.17) is 16.3 Å². The van der Waals surface area contributed by atoms with Crippen LogP contribution in [0.3, 0.4) is 0 Å². The van der Waals surface area contributed by atoms with Crippen molar-refractivity contribution in [1.29, 1.82) is 0 Å². The summed E-state index contributed by atoms with van der Waals surface area (Å²) in [7, 11) is 0. The first-order chi connectivity index (χ1) is 11.6. The fourth-order valence-corrected chi connectivity index (χ4v) is 2.91. The molecule has 6 heteroatoms. The lowest BCUT2D eigenvalue weighted by molar-refractivity contribution is 0.0857. The maximum Gasteiger partial charge on any atom is 0.252 e. The molecule has 0 aliphatic carbocycles. The molecule has 1 aliphatic heterocycles. The zero-order valence-corrected chi connectivity index (χ0v) is 14.0. The van der Waals surface area contributed by atoms with Crippen LogP contribution in [0.4, 0.5) is 0 Å². The van der Waals surface area contributed by atoms with Crippen molar-refractivity contribution in [1.82, 2.24) is 9.88 Å². The average molecular weight is 347 g/mol. The number of nitrogens with one attached hydrogen (secondary N) is 1. The van der Waals surface area contributed by atoms with Crippen LogP contribution in [0.1, 0.15) is 28.8 Å². The van der Waals surface area contributed by atoms with Gasteiger partial charge in [0.2, 0.25) is 0 Å². The van der Waals surface area contributed by atoms with E-state index in [1.807, 2.05) is 18.2 Å². The van der Waals surface area contributed by atoms with Crippen molar-refractivity contribution in [3.05, 3.63) is 69.1 Å². The predicted molar refractivity (Wildman–Crippen MR) is 92.6 cm³/mol. The van der Waals surface area contributed by atoms with E-state index in [9.17, 15) is 9.59 Å². The minimum absolute atomic E-state index is 0.0861. The number of ether oxygens (including phenoxy) is 1. The number of amides is 1. The van der Waals surface area contributed by atoms with Crippen molar-refractivity contribution in [2.45, 2.75) is 25.5 Å². The molecule has 1 atom stereocenters. The Morgan fingerprint density at radius 1 is 1.29 bits per heavy atom. The quantitative estimate of drug-likeness (QED) is 0.904. The molecule has 1 saturated heterocycles. The molecule has 1 N–H and O–H groups in total. The minimum atomic E-state index is -0.210. The standard InChI is InChI=1S/C18H19ClN2O3/c19-16-6-2-1-4-13(16)11-21-12-14(7-8-17(21)22)18(23)20-10-15-5-3-9-24-15/h1-2,4,6-8,12,15H,3,5,9-11H2,(H,20,23)/t15-/m1/s1. The van der Waals surface area contributed by atoms with Gasteiger partial charge in [0.25, 0.3) is 11.5 Å². The largest absolute Gasteiger partial charge is 0.376 e. The van der Waals surface area contributed by atoms with Crippen LogP contribution in [0.2, 0.25) is 5.02 Å². The molecule has 5 nitrogen and oxygen atoms in total. The van der Waals surface area contributed by atoms with Crippen molar-refractivity contribution >= 4 is 17.5 Å². The van der Waals surface area contributed by atoms with Crippen molar-refractivity contribution < 1.29 is 9.53 Å². The van der Waals surface area contributed by atoms with Crippen LogP contribution in [0.15, 0.2) is 47.4 Å². The van der Waals surface area contributed by atoms with Gasteiger partial charge in [-0.2, -0.15) is 0 Å². The summed E-state index contributed by atoms with van der Waals surface area (Å²) in [6.07, 6.45) is 3.65. The molecular formula is C18H19ClN2O3. The lowest BCUT2D eigenvalue weighted by Gasteiger charge is -2.12. The molecule has 1 aliphatic rings. The Hall–Kier alpha value is -2.11. The van der Waals surface area contributed by atoms with Gasteiger partial charge in [0.15, 0.2) is 0 Å². The van der Waals surface area contributed by atoms with Crippen LogP contribution >= 0.6 is 11.6 Å². The topological polar surface area (TPSA) is 60.3 Å². The Morgan fingerprint density at radius 3 is 2.88 bits per heavy atom. The van der Waals surface area contributed by atoms with E-state index in [1.165, 1.54) is 16.7 Å². The van der Waals surface area contributed by atoms with Crippen LogP contribution in [0.5, 0.6) is 0 Å². The fraction of sp³-hybridized carbons (Fsp3) is 0.333. The Labute approximate surface area is 145 Å². The van der Waals surface area contributed by atoms with Crippen LogP contribution in [0, 0.1) is 0 Å². The number of carbonyl (C=O) groups is 1. The monoisotopic (exact) mass is 346 g/mol. The van der Waals surface area contributed by atoms with Gasteiger partial charge in [-0.3, -0.25) is 9.59 Å². The summed E-state index contributed by atoms with van der Waals surface area (Å²) < 4.78 is 6.98. The van der Waals surface area contributed by atoms with Gasteiger partial charge in [0.1, 0.15) is 0 Å². The smallest absolute Gasteiger partial charge is 0.252 e. The Balaban J connectivity index is 1.72. The first kappa shape index (κ1) is 16.7. The number of nitrogens with zero attached hydrogens (tertiary/aromatic N) is 1. The Bertz CT molecular complexity index is 782. The lowest BCUT2D eigenvalue weighted by Crippen LogP contribution is -2.32. The highest BCUT2D eigenvalue weighted by Crippen LogP contribution is 2.16. The number of aromatic nitrogens is 1. The van der Waals surface area contributed by atoms with Crippen LogP contribution in [0.25, 0.3) is 0 Å². The van der Waals surface area contributed by atoms with Gasteiger partial charge < -0.3 is 14.6 Å². The molecule has 1 amide bonds. The second kappa shape index (κ2) is 7.64. The summed E-state index contributed by atoms with van der Waals surface area (Å²) in [6, 6.07) is 10.3. The second-order valence-corrected chi connectivity index (χ2v) is 6.23. The molecule has 1 aromatic carbocycles. The van der Waals surface area contributed by atoms with E-state index in [2.05, 4.69) is 5.32 Å². The number of pyridine rings is 1. The summed E-state index contributed by atoms with van der Waals surface area (Å²) >= 11 is 6.14. The fourth-order valence-electron chi connectivity index (χ4n) is 2.71. The minimum Gasteiger partial charge on any atom is -0.376 e. The lowest BCUT2D eigenvalue weighted by atomic mass is 10.2. The summed E-state index contributed by atoms with van der Waals surface area (Å²) in [4.78, 5) is 24.3. The first-order valence-corrected chi connectivity index (χ1v) is 8.35. The number of hydrogen-bond acceptors (Lipinski definition) is 3. The maximum atomic E-state index is 12.3. The van der Waals surface area contributed by atoms with Crippen molar-refractivity contribution in [3.63, 3.8) is 0 Å². The molecule has 0 bridgehead atoms. The van der Waals surface area contributed by atoms with E-state index in [1.54, 1.807) is 12.3 Å². The van der Waals surface area contributed by atoms with Crippen LogP contribution in [-0.4, -0.2) is 29.7 Å². The zero-order valence-electron chi connectivity index (χ0n) is 13.2. The number of hydrogen-bond donors (Lipinski definition) is 1. The van der Waals surface area contributed by atoms with Gasteiger partial charge in [0.05, 0.1) is 18.2 Å². The third-order valence-electron chi connectivity index (χ3n) is 4.06. The molecule has 3 rings (SSSR count). The van der Waals surface area contributed by atoms with E-state index in [0.29, 0.717) is 23.7 Å². The second-order valence-electron chi connectivity index (χ2n) is 5.82. The van der Waals surface area contributed by atoms with Gasteiger partial charge in [-0.1, -0.05) is 29.8 Å². The normalized spacial score (nSPS) is 17.0. The number of halogens is 1. The third-order valence-corrected chi connectivity index (χ3v) is 4.43. The van der Waals surface area contributed by atoms with Crippen molar-refractivity contribution in [2.75, 3.05) is 13.2 Å². The molecule has 24 heavy (non-hydrogen) atoms. The van der Waals surface area contributed by atoms with E-state index in [0.717, 1.165) is 25.0 Å². The molecule has 0 spiro atoms. The zero-order chi connectivity index (χ0) is 16.9. The van der Waals surface area contributed by atoms with Crippen molar-refractivity contribution in [2.24, 2.45) is 0 Å². The number of rotatable bonds is 5. The summed E-state index contributed by atoms with van der Waals surface area (Å²) in [5.41, 5.74) is 1.10. The van der Waals surface area contributed by atoms with Gasteiger partial charge in [-0.05, 0) is 30.5 Å². The molecule has 1 aromatic heterocycles. The van der Waals surface area contributed by atoms with Crippen molar-refractivity contribution in [3.8, 4) is 0 Å². The molecule has 1 fully saturated rings. The maximum absolute atomic E-state index is 12.3. The average Bonchev–Trinajstić information content (AvgIpc) is 3.10. The Morgan fingerprint density at radius 2 is 2.12 bits per heavy atom. The van der Waals surface area contributed by atoms with Gasteiger partial charge in [0, 0.05) is 30.4 Å². The molecule has 2 heterocycles. The summed E-state index contributed by atoms with van der Waals surface area (Å²) in [5, 5.41) is 3.45. The van der Waals surface area contributed by atoms with E-state index >= 15 is 0 Å². The number of benzene rings is 1. The molecular weight excluding hydrogens is 328 g/mol. The third kappa shape index (κ3) is 4.04. The molecule has 0 unspecified atom stereocenters. The SMILES string of the molecule is O=C(NC[C@H]1CCCO1)c1ccc(=O)n(Cc2ccccc2Cl)c1. The molecule has 0 radical (unpaired) electrons. The van der Waals surface area contributed by atoms with Gasteiger partial charge in [-0.25, -0.2) is 0 Å². The highest BCUT2D eigenvalue weighted by atomic mass is 35.5. The Kier molecular flexibility index (Phi) is 5.33. The highest BCUT2D eigenvalue weighted by molar-refractivity contribution is 6.31.